The van der Waals surface area contributed by atoms with Gasteiger partial charge in [-0.05, 0) is 48.4 Å². The van der Waals surface area contributed by atoms with Crippen LogP contribution in [0.3, 0.4) is 0 Å². The molecular weight excluding hydrogens is 440 g/mol. The molecule has 1 aliphatic heterocycles. The number of H-pyrrole nitrogens is 1. The molecule has 2 N–H and O–H groups in total. The quantitative estimate of drug-likeness (QED) is 0.485. The van der Waals surface area contributed by atoms with Gasteiger partial charge in [-0.15, -0.1) is 0 Å². The maximum atomic E-state index is 12.3. The van der Waals surface area contributed by atoms with Gasteiger partial charge in [0.1, 0.15) is 5.52 Å². The van der Waals surface area contributed by atoms with Gasteiger partial charge in [0.15, 0.2) is 0 Å². The Bertz CT molecular complexity index is 1390. The summed E-state index contributed by atoms with van der Waals surface area (Å²) in [4.78, 5) is 36.4. The molecular formula is C24H25ClN6O2. The molecule has 8 nitrogen and oxygen atoms in total. The van der Waals surface area contributed by atoms with Gasteiger partial charge >= 0.3 is 5.69 Å². The molecule has 9 heteroatoms. The third-order valence-electron chi connectivity index (χ3n) is 6.23. The van der Waals surface area contributed by atoms with Gasteiger partial charge in [-0.3, -0.25) is 19.1 Å². The first-order valence-electron chi connectivity index (χ1n) is 10.9. The first kappa shape index (κ1) is 21.5. The number of hydrogen-bond acceptors (Lipinski definition) is 5. The molecule has 0 spiro atoms. The van der Waals surface area contributed by atoms with Crippen molar-refractivity contribution in [2.75, 3.05) is 38.1 Å². The highest BCUT2D eigenvalue weighted by Gasteiger charge is 2.22. The van der Waals surface area contributed by atoms with Gasteiger partial charge in [-0.25, -0.2) is 4.79 Å². The Morgan fingerprint density at radius 1 is 1.21 bits per heavy atom. The first-order valence-corrected chi connectivity index (χ1v) is 11.3. The van der Waals surface area contributed by atoms with Crippen LogP contribution in [-0.2, 0) is 6.54 Å². The summed E-state index contributed by atoms with van der Waals surface area (Å²) in [5, 5.41) is 3.24. The second-order valence-electron chi connectivity index (χ2n) is 8.40. The van der Waals surface area contributed by atoms with Crippen LogP contribution in [0.15, 0.2) is 47.5 Å². The molecule has 0 bridgehead atoms. The fourth-order valence-corrected chi connectivity index (χ4v) is 5.01. The predicted octanol–water partition coefficient (Wildman–Crippen LogP) is 2.82. The first-order chi connectivity index (χ1) is 15.9. The van der Waals surface area contributed by atoms with Gasteiger partial charge < -0.3 is 15.2 Å². The molecule has 0 aliphatic carbocycles. The molecule has 4 aromatic rings. The number of carbonyl (C=O) groups is 1. The second kappa shape index (κ2) is 8.53. The highest BCUT2D eigenvalue weighted by Crippen LogP contribution is 2.32. The Hall–Kier alpha value is -3.36. The fourth-order valence-electron chi connectivity index (χ4n) is 4.62. The average molecular weight is 465 g/mol. The molecule has 0 atom stereocenters. The van der Waals surface area contributed by atoms with E-state index in [1.54, 1.807) is 23.7 Å². The third-order valence-corrected chi connectivity index (χ3v) is 6.52. The SMILES string of the molecule is CNC(=O)c1cc(C)c(N2CCN(Cc3cnc4c(c3)[nH]c(=O)n3cccc43)CC2)c(Cl)c1. The van der Waals surface area contributed by atoms with E-state index < -0.39 is 0 Å². The Kier molecular flexibility index (Phi) is 5.55. The van der Waals surface area contributed by atoms with E-state index in [0.717, 1.165) is 66.1 Å². The number of amides is 1. The number of halogens is 1. The zero-order chi connectivity index (χ0) is 23.1. The molecule has 3 aromatic heterocycles. The van der Waals surface area contributed by atoms with Crippen LogP contribution < -0.4 is 15.9 Å². The lowest BCUT2D eigenvalue weighted by molar-refractivity contribution is 0.0963. The van der Waals surface area contributed by atoms with Gasteiger partial charge in [-0.2, -0.15) is 0 Å². The molecule has 1 aliphatic rings. The number of anilines is 1. The molecule has 4 heterocycles. The van der Waals surface area contributed by atoms with Gasteiger partial charge in [0.2, 0.25) is 0 Å². The summed E-state index contributed by atoms with van der Waals surface area (Å²) in [6, 6.07) is 9.38. The number of aryl methyl sites for hydroxylation is 1. The highest BCUT2D eigenvalue weighted by molar-refractivity contribution is 6.33. The minimum Gasteiger partial charge on any atom is -0.368 e. The lowest BCUT2D eigenvalue weighted by atomic mass is 10.1. The number of nitrogens with zero attached hydrogens (tertiary/aromatic N) is 4. The number of rotatable bonds is 4. The van der Waals surface area contributed by atoms with Crippen LogP contribution in [0.25, 0.3) is 16.6 Å². The van der Waals surface area contributed by atoms with Gasteiger partial charge in [-0.1, -0.05) is 11.6 Å². The van der Waals surface area contributed by atoms with Crippen molar-refractivity contribution in [3.8, 4) is 0 Å². The van der Waals surface area contributed by atoms with Crippen LogP contribution in [0.4, 0.5) is 5.69 Å². The number of fused-ring (bicyclic) bond motifs is 3. The standard InChI is InChI=1S/C24H25ClN6O2/c1-15-10-17(23(32)26-2)12-18(25)22(15)30-8-6-29(7-9-30)14-16-11-19-21(27-13-16)20-4-3-5-31(20)24(33)28-19/h3-5,10-13H,6-9,14H2,1-2H3,(H,26,32)(H,28,33). The van der Waals surface area contributed by atoms with Crippen LogP contribution in [0, 0.1) is 6.92 Å². The molecule has 33 heavy (non-hydrogen) atoms. The zero-order valence-corrected chi connectivity index (χ0v) is 19.3. The normalized spacial score (nSPS) is 14.8. The van der Waals surface area contributed by atoms with E-state index >= 15 is 0 Å². The summed E-state index contributed by atoms with van der Waals surface area (Å²) < 4.78 is 1.57. The van der Waals surface area contributed by atoms with E-state index in [9.17, 15) is 9.59 Å². The number of aromatic nitrogens is 3. The van der Waals surface area contributed by atoms with Crippen LogP contribution in [0.5, 0.6) is 0 Å². The molecule has 170 valence electrons. The van der Waals surface area contributed by atoms with Crippen molar-refractivity contribution >= 4 is 39.7 Å². The Morgan fingerprint density at radius 3 is 2.73 bits per heavy atom. The van der Waals surface area contributed by atoms with E-state index in [1.807, 2.05) is 37.4 Å². The van der Waals surface area contributed by atoms with Crippen molar-refractivity contribution in [1.82, 2.24) is 24.6 Å². The fraction of sp³-hybridized carbons (Fsp3) is 0.292. The van der Waals surface area contributed by atoms with Crippen LogP contribution in [0.1, 0.15) is 21.5 Å². The van der Waals surface area contributed by atoms with Gasteiger partial charge in [0, 0.05) is 57.7 Å². The number of hydrogen-bond donors (Lipinski definition) is 2. The maximum absolute atomic E-state index is 12.3. The van der Waals surface area contributed by atoms with E-state index in [1.165, 1.54) is 0 Å². The maximum Gasteiger partial charge on any atom is 0.330 e. The van der Waals surface area contributed by atoms with Gasteiger partial charge in [0.25, 0.3) is 5.91 Å². The smallest absolute Gasteiger partial charge is 0.330 e. The van der Waals surface area contributed by atoms with Crippen LogP contribution >= 0.6 is 11.6 Å². The number of aromatic amines is 1. The Morgan fingerprint density at radius 2 is 2.00 bits per heavy atom. The molecule has 0 radical (unpaired) electrons. The number of pyridine rings is 1. The average Bonchev–Trinajstić information content (AvgIpc) is 3.30. The number of piperazine rings is 1. The summed E-state index contributed by atoms with van der Waals surface area (Å²) in [6.45, 7) is 6.17. The minimum absolute atomic E-state index is 0.139. The van der Waals surface area contributed by atoms with E-state index in [-0.39, 0.29) is 11.6 Å². The van der Waals surface area contributed by atoms with Crippen molar-refractivity contribution in [3.63, 3.8) is 0 Å². The molecule has 1 fully saturated rings. The summed E-state index contributed by atoms with van der Waals surface area (Å²) in [7, 11) is 1.61. The molecule has 1 amide bonds. The van der Waals surface area contributed by atoms with Crippen molar-refractivity contribution in [2.45, 2.75) is 13.5 Å². The summed E-state index contributed by atoms with van der Waals surface area (Å²) in [5.41, 5.74) is 5.81. The topological polar surface area (TPSA) is 85.7 Å². The van der Waals surface area contributed by atoms with E-state index in [4.69, 9.17) is 11.6 Å². The summed E-state index contributed by atoms with van der Waals surface area (Å²) in [5.74, 6) is -0.139. The van der Waals surface area contributed by atoms with E-state index in [0.29, 0.717) is 10.6 Å². The second-order valence-corrected chi connectivity index (χ2v) is 8.81. The highest BCUT2D eigenvalue weighted by atomic mass is 35.5. The molecule has 1 aromatic carbocycles. The van der Waals surface area contributed by atoms with Crippen molar-refractivity contribution < 1.29 is 4.79 Å². The van der Waals surface area contributed by atoms with Crippen molar-refractivity contribution in [2.24, 2.45) is 0 Å². The lowest BCUT2D eigenvalue weighted by Crippen LogP contribution is -2.46. The molecule has 1 saturated heterocycles. The van der Waals surface area contributed by atoms with Crippen molar-refractivity contribution in [3.05, 3.63) is 74.9 Å². The Labute approximate surface area is 195 Å². The monoisotopic (exact) mass is 464 g/mol. The van der Waals surface area contributed by atoms with Crippen LogP contribution in [-0.4, -0.2) is 58.4 Å². The van der Waals surface area contributed by atoms with Gasteiger partial charge in [0.05, 0.1) is 21.7 Å². The number of carbonyl (C=O) groups excluding carboxylic acids is 1. The number of nitrogens with one attached hydrogen (secondary N) is 2. The van der Waals surface area contributed by atoms with Crippen molar-refractivity contribution in [1.29, 1.82) is 0 Å². The minimum atomic E-state index is -0.162. The predicted molar refractivity (Wildman–Crippen MR) is 130 cm³/mol. The molecule has 0 saturated carbocycles. The Balaban J connectivity index is 1.30. The third kappa shape index (κ3) is 3.96. The zero-order valence-electron chi connectivity index (χ0n) is 18.6. The lowest BCUT2D eigenvalue weighted by Gasteiger charge is -2.37. The molecule has 5 rings (SSSR count). The summed E-state index contributed by atoms with van der Waals surface area (Å²) >= 11 is 6.56. The van der Waals surface area contributed by atoms with E-state index in [2.05, 4.69) is 25.1 Å². The number of benzene rings is 1. The summed E-state index contributed by atoms with van der Waals surface area (Å²) in [6.07, 6.45) is 3.63. The van der Waals surface area contributed by atoms with Crippen LogP contribution in [0.2, 0.25) is 5.02 Å². The molecule has 0 unspecified atom stereocenters. The largest absolute Gasteiger partial charge is 0.368 e.